The molecule has 0 radical (unpaired) electrons. The highest BCUT2D eigenvalue weighted by atomic mass is 32.2. The van der Waals surface area contributed by atoms with Crippen LogP contribution in [0.2, 0.25) is 0 Å². The lowest BCUT2D eigenvalue weighted by Gasteiger charge is -2.36. The van der Waals surface area contributed by atoms with Crippen LogP contribution < -0.4 is 10.5 Å². The van der Waals surface area contributed by atoms with Crippen LogP contribution in [0.3, 0.4) is 0 Å². The van der Waals surface area contributed by atoms with E-state index in [1.54, 1.807) is 18.3 Å². The molecule has 2 heterocycles. The Hall–Kier alpha value is -2.80. The Balaban J connectivity index is 1.60. The molecule has 0 saturated carbocycles. The van der Waals surface area contributed by atoms with Gasteiger partial charge in [-0.05, 0) is 38.4 Å². The Morgan fingerprint density at radius 2 is 1.61 bits per heavy atom. The SMILES string of the molecule is CN(C)CCSc1c(N2CCN(S(=O)(=O)c3c(F)cccc3F)CC2)cnn(-c2ccccc2)c1=O. The minimum absolute atomic E-state index is 0.0136. The molecule has 0 atom stereocenters. The number of hydrogen-bond acceptors (Lipinski definition) is 7. The van der Waals surface area contributed by atoms with E-state index in [1.807, 2.05) is 42.1 Å². The first-order chi connectivity index (χ1) is 17.2. The Bertz CT molecular complexity index is 1360. The zero-order valence-corrected chi connectivity index (χ0v) is 21.6. The fraction of sp³-hybridized carbons (Fsp3) is 0.333. The maximum absolute atomic E-state index is 14.2. The molecule has 1 fully saturated rings. The van der Waals surface area contributed by atoms with Gasteiger partial charge in [-0.15, -0.1) is 11.8 Å². The van der Waals surface area contributed by atoms with Crippen LogP contribution in [0, 0.1) is 11.6 Å². The maximum atomic E-state index is 14.2. The molecule has 0 aliphatic carbocycles. The van der Waals surface area contributed by atoms with Crippen LogP contribution in [-0.2, 0) is 10.0 Å². The molecular weight excluding hydrogens is 508 g/mol. The van der Waals surface area contributed by atoms with Gasteiger partial charge < -0.3 is 9.80 Å². The lowest BCUT2D eigenvalue weighted by Crippen LogP contribution is -2.49. The molecule has 0 bridgehead atoms. The molecule has 0 spiro atoms. The van der Waals surface area contributed by atoms with Crippen molar-refractivity contribution in [3.05, 3.63) is 76.7 Å². The number of hydrogen-bond donors (Lipinski definition) is 0. The Morgan fingerprint density at radius 3 is 2.22 bits per heavy atom. The van der Waals surface area contributed by atoms with Crippen molar-refractivity contribution in [1.82, 2.24) is 19.0 Å². The number of piperazine rings is 1. The van der Waals surface area contributed by atoms with E-state index in [-0.39, 0.29) is 31.7 Å². The predicted octanol–water partition coefficient (Wildman–Crippen LogP) is 2.68. The van der Waals surface area contributed by atoms with Crippen LogP contribution in [0.5, 0.6) is 0 Å². The summed E-state index contributed by atoms with van der Waals surface area (Å²) < 4.78 is 56.7. The maximum Gasteiger partial charge on any atom is 0.287 e. The highest BCUT2D eigenvalue weighted by Gasteiger charge is 2.34. The van der Waals surface area contributed by atoms with Gasteiger partial charge in [-0.3, -0.25) is 4.79 Å². The van der Waals surface area contributed by atoms with Gasteiger partial charge >= 0.3 is 0 Å². The number of benzene rings is 2. The summed E-state index contributed by atoms with van der Waals surface area (Å²) >= 11 is 1.42. The second kappa shape index (κ2) is 11.1. The summed E-state index contributed by atoms with van der Waals surface area (Å²) in [6.45, 7) is 1.27. The predicted molar refractivity (Wildman–Crippen MR) is 136 cm³/mol. The first-order valence-corrected chi connectivity index (χ1v) is 13.8. The van der Waals surface area contributed by atoms with Gasteiger partial charge in [0.2, 0.25) is 10.0 Å². The van der Waals surface area contributed by atoms with E-state index in [0.717, 1.165) is 29.0 Å². The molecule has 8 nitrogen and oxygen atoms in total. The number of thioether (sulfide) groups is 1. The zero-order valence-electron chi connectivity index (χ0n) is 20.0. The molecule has 4 rings (SSSR count). The van der Waals surface area contributed by atoms with E-state index in [2.05, 4.69) is 5.10 Å². The molecule has 3 aromatic rings. The number of sulfonamides is 1. The molecule has 12 heteroatoms. The molecule has 0 amide bonds. The molecule has 0 unspecified atom stereocenters. The third kappa shape index (κ3) is 5.46. The molecule has 1 aromatic heterocycles. The van der Waals surface area contributed by atoms with E-state index >= 15 is 0 Å². The normalized spacial score (nSPS) is 15.0. The summed E-state index contributed by atoms with van der Waals surface area (Å²) in [7, 11) is -0.444. The Labute approximate surface area is 213 Å². The fourth-order valence-corrected chi connectivity index (χ4v) is 6.63. The zero-order chi connectivity index (χ0) is 25.9. The van der Waals surface area contributed by atoms with Gasteiger partial charge in [0.1, 0.15) is 11.6 Å². The molecular formula is C24H27F2N5O3S2. The Kier molecular flexibility index (Phi) is 8.08. The largest absolute Gasteiger partial charge is 0.367 e. The highest BCUT2D eigenvalue weighted by Crippen LogP contribution is 2.29. The van der Waals surface area contributed by atoms with Crippen molar-refractivity contribution in [2.24, 2.45) is 0 Å². The van der Waals surface area contributed by atoms with E-state index in [4.69, 9.17) is 0 Å². The summed E-state index contributed by atoms with van der Waals surface area (Å²) in [6, 6.07) is 12.1. The number of rotatable bonds is 8. The van der Waals surface area contributed by atoms with Crippen LogP contribution in [0.25, 0.3) is 5.69 Å². The molecule has 0 N–H and O–H groups in total. The summed E-state index contributed by atoms with van der Waals surface area (Å²) in [5, 5.41) is 4.37. The average Bonchev–Trinajstić information content (AvgIpc) is 2.85. The molecule has 1 saturated heterocycles. The smallest absolute Gasteiger partial charge is 0.287 e. The minimum atomic E-state index is -4.35. The van der Waals surface area contributed by atoms with Crippen LogP contribution in [0.1, 0.15) is 0 Å². The number of halogens is 2. The highest BCUT2D eigenvalue weighted by molar-refractivity contribution is 7.99. The van der Waals surface area contributed by atoms with Gasteiger partial charge in [0.25, 0.3) is 5.56 Å². The minimum Gasteiger partial charge on any atom is -0.367 e. The fourth-order valence-electron chi connectivity index (χ4n) is 3.90. The van der Waals surface area contributed by atoms with Crippen LogP contribution in [0.4, 0.5) is 14.5 Å². The number of anilines is 1. The topological polar surface area (TPSA) is 78.8 Å². The summed E-state index contributed by atoms with van der Waals surface area (Å²) in [5.74, 6) is -1.56. The molecule has 1 aliphatic rings. The first-order valence-electron chi connectivity index (χ1n) is 11.3. The van der Waals surface area contributed by atoms with Crippen LogP contribution in [-0.4, -0.2) is 80.0 Å². The van der Waals surface area contributed by atoms with Crippen LogP contribution >= 0.6 is 11.8 Å². The second-order valence-electron chi connectivity index (χ2n) is 8.51. The standard InChI is InChI=1S/C24H27F2N5O3S2/c1-28(2)15-16-35-22-21(17-27-31(24(22)32)18-7-4-3-5-8-18)29-11-13-30(14-12-29)36(33,34)23-19(25)9-6-10-20(23)26/h3-10,17H,11-16H2,1-2H3. The number of para-hydroxylation sites is 1. The quantitative estimate of drug-likeness (QED) is 0.411. The third-order valence-corrected chi connectivity index (χ3v) is 8.81. The second-order valence-corrected chi connectivity index (χ2v) is 11.5. The van der Waals surface area contributed by atoms with Crippen molar-refractivity contribution in [2.75, 3.05) is 57.5 Å². The molecule has 36 heavy (non-hydrogen) atoms. The summed E-state index contributed by atoms with van der Waals surface area (Å²) in [4.78, 5) is 16.9. The van der Waals surface area contributed by atoms with Gasteiger partial charge in [0.15, 0.2) is 4.90 Å². The van der Waals surface area contributed by atoms with Gasteiger partial charge in [-0.1, -0.05) is 24.3 Å². The molecule has 1 aliphatic heterocycles. The third-order valence-electron chi connectivity index (χ3n) is 5.80. The van der Waals surface area contributed by atoms with Crippen molar-refractivity contribution in [3.8, 4) is 5.69 Å². The van der Waals surface area contributed by atoms with E-state index in [9.17, 15) is 22.0 Å². The molecule has 2 aromatic carbocycles. The van der Waals surface area contributed by atoms with Crippen molar-refractivity contribution >= 4 is 27.5 Å². The van der Waals surface area contributed by atoms with Gasteiger partial charge in [-0.2, -0.15) is 14.1 Å². The summed E-state index contributed by atoms with van der Waals surface area (Å²) in [5.41, 5.74) is 1.00. The van der Waals surface area contributed by atoms with Gasteiger partial charge in [0, 0.05) is 38.5 Å². The summed E-state index contributed by atoms with van der Waals surface area (Å²) in [6.07, 6.45) is 1.62. The number of aromatic nitrogens is 2. The Morgan fingerprint density at radius 1 is 0.972 bits per heavy atom. The monoisotopic (exact) mass is 535 g/mol. The van der Waals surface area contributed by atoms with E-state index in [1.165, 1.54) is 16.4 Å². The van der Waals surface area contributed by atoms with E-state index < -0.39 is 26.6 Å². The average molecular weight is 536 g/mol. The van der Waals surface area contributed by atoms with Crippen LogP contribution in [0.15, 0.2) is 69.3 Å². The van der Waals surface area contributed by atoms with Gasteiger partial charge in [0.05, 0.1) is 22.5 Å². The van der Waals surface area contributed by atoms with Crippen molar-refractivity contribution in [3.63, 3.8) is 0 Å². The van der Waals surface area contributed by atoms with E-state index in [0.29, 0.717) is 22.0 Å². The number of nitrogens with zero attached hydrogens (tertiary/aromatic N) is 5. The van der Waals surface area contributed by atoms with Crippen molar-refractivity contribution < 1.29 is 17.2 Å². The lowest BCUT2D eigenvalue weighted by molar-refractivity contribution is 0.377. The van der Waals surface area contributed by atoms with Crippen molar-refractivity contribution in [1.29, 1.82) is 0 Å². The van der Waals surface area contributed by atoms with Crippen molar-refractivity contribution in [2.45, 2.75) is 9.79 Å². The lowest BCUT2D eigenvalue weighted by atomic mass is 10.3. The first kappa shape index (κ1) is 26.3. The molecule has 192 valence electrons. The van der Waals surface area contributed by atoms with Gasteiger partial charge in [-0.25, -0.2) is 17.2 Å².